The molecule has 0 N–H and O–H groups in total. The van der Waals surface area contributed by atoms with Crippen molar-refractivity contribution in [3.8, 4) is 0 Å². The number of rotatable bonds is 7. The Labute approximate surface area is 94.9 Å². The molecular formula is C10H20BrNO2. The number of alkyl halides is 1. The van der Waals surface area contributed by atoms with Crippen LogP contribution in [0.4, 0.5) is 0 Å². The van der Waals surface area contributed by atoms with E-state index < -0.39 is 0 Å². The topological polar surface area (TPSA) is 29.5 Å². The summed E-state index contributed by atoms with van der Waals surface area (Å²) >= 11 is 3.33. The lowest BCUT2D eigenvalue weighted by molar-refractivity contribution is -0.137. The van der Waals surface area contributed by atoms with Gasteiger partial charge in [-0.3, -0.25) is 4.79 Å². The molecule has 0 atom stereocenters. The Bertz CT molecular complexity index is 156. The Kier molecular flexibility index (Phi) is 8.18. The highest BCUT2D eigenvalue weighted by Gasteiger charge is 2.12. The van der Waals surface area contributed by atoms with Crippen LogP contribution in [0.25, 0.3) is 0 Å². The van der Waals surface area contributed by atoms with Gasteiger partial charge in [0.15, 0.2) is 0 Å². The highest BCUT2D eigenvalue weighted by atomic mass is 79.9. The second kappa shape index (κ2) is 8.24. The average Bonchev–Trinajstić information content (AvgIpc) is 2.14. The van der Waals surface area contributed by atoms with E-state index in [4.69, 9.17) is 4.74 Å². The van der Waals surface area contributed by atoms with Crippen LogP contribution < -0.4 is 0 Å². The van der Waals surface area contributed by atoms with Crippen molar-refractivity contribution in [1.29, 1.82) is 0 Å². The normalized spacial score (nSPS) is 10.6. The smallest absolute Gasteiger partial charge is 0.248 e. The molecule has 0 rings (SSSR count). The zero-order valence-electron chi connectivity index (χ0n) is 9.25. The van der Waals surface area contributed by atoms with Crippen molar-refractivity contribution < 1.29 is 9.53 Å². The fourth-order valence-electron chi connectivity index (χ4n) is 1.06. The summed E-state index contributed by atoms with van der Waals surface area (Å²) in [6.45, 7) is 7.70. The number of carbonyl (C=O) groups excluding carboxylic acids is 1. The number of hydrogen-bond acceptors (Lipinski definition) is 2. The molecule has 0 unspecified atom stereocenters. The second-order valence-electron chi connectivity index (χ2n) is 3.43. The SMILES string of the molecule is CCCN(CCBr)C(=O)COC(C)C. The molecule has 0 bridgehead atoms. The average molecular weight is 266 g/mol. The van der Waals surface area contributed by atoms with E-state index in [9.17, 15) is 4.79 Å². The minimum atomic E-state index is 0.0833. The van der Waals surface area contributed by atoms with Gasteiger partial charge in [0.25, 0.3) is 0 Å². The van der Waals surface area contributed by atoms with Crippen LogP contribution in [0, 0.1) is 0 Å². The van der Waals surface area contributed by atoms with Crippen LogP contribution in [0.2, 0.25) is 0 Å². The Morgan fingerprint density at radius 1 is 1.43 bits per heavy atom. The minimum Gasteiger partial charge on any atom is -0.369 e. The molecule has 0 aliphatic heterocycles. The third-order valence-electron chi connectivity index (χ3n) is 1.74. The van der Waals surface area contributed by atoms with Gasteiger partial charge < -0.3 is 9.64 Å². The van der Waals surface area contributed by atoms with Crippen LogP contribution in [0.1, 0.15) is 27.2 Å². The van der Waals surface area contributed by atoms with E-state index in [0.29, 0.717) is 0 Å². The lowest BCUT2D eigenvalue weighted by Gasteiger charge is -2.21. The summed E-state index contributed by atoms with van der Waals surface area (Å²) in [4.78, 5) is 13.4. The zero-order valence-corrected chi connectivity index (χ0v) is 10.8. The Balaban J connectivity index is 3.88. The number of ether oxygens (including phenoxy) is 1. The summed E-state index contributed by atoms with van der Waals surface area (Å²) in [5.74, 6) is 0.0833. The molecule has 0 aromatic carbocycles. The molecule has 0 aromatic heterocycles. The van der Waals surface area contributed by atoms with Crippen LogP contribution in [0.3, 0.4) is 0 Å². The molecule has 4 heteroatoms. The van der Waals surface area contributed by atoms with Gasteiger partial charge in [-0.05, 0) is 20.3 Å². The van der Waals surface area contributed by atoms with Crippen LogP contribution >= 0.6 is 15.9 Å². The van der Waals surface area contributed by atoms with Crippen LogP contribution in [-0.2, 0) is 9.53 Å². The molecule has 1 amide bonds. The molecule has 0 aliphatic carbocycles. The predicted molar refractivity (Wildman–Crippen MR) is 61.8 cm³/mol. The van der Waals surface area contributed by atoms with Gasteiger partial charge in [-0.25, -0.2) is 0 Å². The van der Waals surface area contributed by atoms with Gasteiger partial charge in [-0.15, -0.1) is 0 Å². The summed E-state index contributed by atoms with van der Waals surface area (Å²) in [6, 6.07) is 0. The monoisotopic (exact) mass is 265 g/mol. The lowest BCUT2D eigenvalue weighted by atomic mass is 10.4. The van der Waals surface area contributed by atoms with E-state index in [2.05, 4.69) is 22.9 Å². The van der Waals surface area contributed by atoms with Gasteiger partial charge in [0.05, 0.1) is 6.10 Å². The van der Waals surface area contributed by atoms with Gasteiger partial charge >= 0.3 is 0 Å². The first-order chi connectivity index (χ1) is 6.61. The van der Waals surface area contributed by atoms with E-state index in [1.54, 1.807) is 0 Å². The van der Waals surface area contributed by atoms with Gasteiger partial charge in [0.2, 0.25) is 5.91 Å². The summed E-state index contributed by atoms with van der Waals surface area (Å²) in [5.41, 5.74) is 0. The van der Waals surface area contributed by atoms with Crippen molar-refractivity contribution >= 4 is 21.8 Å². The fourth-order valence-corrected chi connectivity index (χ4v) is 1.49. The Morgan fingerprint density at radius 3 is 2.50 bits per heavy atom. The molecule has 0 aromatic rings. The minimum absolute atomic E-state index is 0.0833. The van der Waals surface area contributed by atoms with Gasteiger partial charge in [0.1, 0.15) is 6.61 Å². The van der Waals surface area contributed by atoms with Crippen molar-refractivity contribution in [2.75, 3.05) is 25.0 Å². The fraction of sp³-hybridized carbons (Fsp3) is 0.900. The lowest BCUT2D eigenvalue weighted by Crippen LogP contribution is -2.36. The summed E-state index contributed by atoms with van der Waals surface area (Å²) in [5, 5.41) is 0.820. The maximum Gasteiger partial charge on any atom is 0.248 e. The van der Waals surface area contributed by atoms with Crippen LogP contribution in [-0.4, -0.2) is 41.9 Å². The zero-order chi connectivity index (χ0) is 11.0. The van der Waals surface area contributed by atoms with E-state index in [1.807, 2.05) is 18.7 Å². The standard InChI is InChI=1S/C10H20BrNO2/c1-4-6-12(7-5-11)10(13)8-14-9(2)3/h9H,4-8H2,1-3H3. The van der Waals surface area contributed by atoms with Gasteiger partial charge in [0, 0.05) is 18.4 Å². The Morgan fingerprint density at radius 2 is 2.07 bits per heavy atom. The first kappa shape index (κ1) is 13.9. The predicted octanol–water partition coefficient (Wildman–Crippen LogP) is 2.04. The summed E-state index contributed by atoms with van der Waals surface area (Å²) in [6.07, 6.45) is 1.10. The van der Waals surface area contributed by atoms with Crippen molar-refractivity contribution in [3.05, 3.63) is 0 Å². The molecule has 0 spiro atoms. The molecule has 0 radical (unpaired) electrons. The largest absolute Gasteiger partial charge is 0.369 e. The van der Waals surface area contributed by atoms with E-state index >= 15 is 0 Å². The second-order valence-corrected chi connectivity index (χ2v) is 4.22. The first-order valence-corrected chi connectivity index (χ1v) is 6.19. The quantitative estimate of drug-likeness (QED) is 0.660. The van der Waals surface area contributed by atoms with Crippen molar-refractivity contribution in [2.24, 2.45) is 0 Å². The van der Waals surface area contributed by atoms with Crippen LogP contribution in [0.15, 0.2) is 0 Å². The molecule has 0 fully saturated rings. The van der Waals surface area contributed by atoms with E-state index in [0.717, 1.165) is 24.8 Å². The molecule has 0 saturated heterocycles. The molecule has 0 heterocycles. The summed E-state index contributed by atoms with van der Waals surface area (Å²) in [7, 11) is 0. The van der Waals surface area contributed by atoms with Crippen LogP contribution in [0.5, 0.6) is 0 Å². The number of nitrogens with zero attached hydrogens (tertiary/aromatic N) is 1. The highest BCUT2D eigenvalue weighted by Crippen LogP contribution is 1.97. The summed E-state index contributed by atoms with van der Waals surface area (Å²) < 4.78 is 5.27. The number of amides is 1. The van der Waals surface area contributed by atoms with Crippen molar-refractivity contribution in [2.45, 2.75) is 33.3 Å². The van der Waals surface area contributed by atoms with Crippen molar-refractivity contribution in [3.63, 3.8) is 0 Å². The maximum atomic E-state index is 11.6. The maximum absolute atomic E-state index is 11.6. The molecule has 0 saturated carbocycles. The van der Waals surface area contributed by atoms with E-state index in [1.165, 1.54) is 0 Å². The van der Waals surface area contributed by atoms with E-state index in [-0.39, 0.29) is 18.6 Å². The first-order valence-electron chi connectivity index (χ1n) is 5.07. The molecular weight excluding hydrogens is 246 g/mol. The Hall–Kier alpha value is -0.0900. The molecule has 3 nitrogen and oxygen atoms in total. The number of halogens is 1. The van der Waals surface area contributed by atoms with Gasteiger partial charge in [-0.1, -0.05) is 22.9 Å². The number of hydrogen-bond donors (Lipinski definition) is 0. The third kappa shape index (κ3) is 6.38. The third-order valence-corrected chi connectivity index (χ3v) is 2.10. The molecule has 0 aliphatic rings. The molecule has 14 heavy (non-hydrogen) atoms. The van der Waals surface area contributed by atoms with Gasteiger partial charge in [-0.2, -0.15) is 0 Å². The van der Waals surface area contributed by atoms with Crippen molar-refractivity contribution in [1.82, 2.24) is 4.90 Å². The molecule has 84 valence electrons. The number of carbonyl (C=O) groups is 1. The highest BCUT2D eigenvalue weighted by molar-refractivity contribution is 9.09.